The van der Waals surface area contributed by atoms with Gasteiger partial charge in [0, 0.05) is 13.6 Å². The van der Waals surface area contributed by atoms with Gasteiger partial charge in [-0.25, -0.2) is 4.98 Å². The van der Waals surface area contributed by atoms with Crippen molar-refractivity contribution < 1.29 is 9.53 Å². The molecule has 0 unspecified atom stereocenters. The Kier molecular flexibility index (Phi) is 4.15. The van der Waals surface area contributed by atoms with Gasteiger partial charge < -0.3 is 9.64 Å². The first-order chi connectivity index (χ1) is 8.70. The number of thiazole rings is 1. The molecule has 0 aliphatic heterocycles. The molecule has 4 nitrogen and oxygen atoms in total. The summed E-state index contributed by atoms with van der Waals surface area (Å²) < 4.78 is 6.07. The number of aromatic nitrogens is 1. The third-order valence-electron chi connectivity index (χ3n) is 2.57. The largest absolute Gasteiger partial charge is 0.466 e. The summed E-state index contributed by atoms with van der Waals surface area (Å²) in [6, 6.07) is 8.03. The number of hydrogen-bond donors (Lipinski definition) is 0. The van der Waals surface area contributed by atoms with Gasteiger partial charge in [0.1, 0.15) is 0 Å². The zero-order valence-corrected chi connectivity index (χ0v) is 11.4. The van der Waals surface area contributed by atoms with Crippen LogP contribution in [0, 0.1) is 0 Å². The number of carbonyl (C=O) groups is 1. The minimum atomic E-state index is -0.162. The van der Waals surface area contributed by atoms with Crippen LogP contribution in [0.3, 0.4) is 0 Å². The number of hydrogen-bond acceptors (Lipinski definition) is 5. The lowest BCUT2D eigenvalue weighted by molar-refractivity contribution is -0.142. The van der Waals surface area contributed by atoms with Gasteiger partial charge in [-0.1, -0.05) is 23.5 Å². The predicted molar refractivity (Wildman–Crippen MR) is 74.1 cm³/mol. The molecule has 0 atom stereocenters. The highest BCUT2D eigenvalue weighted by Gasteiger charge is 2.10. The SMILES string of the molecule is CCOC(=O)CCN(C)c1nc2ccccc2s1. The second kappa shape index (κ2) is 5.82. The van der Waals surface area contributed by atoms with Gasteiger partial charge >= 0.3 is 5.97 Å². The van der Waals surface area contributed by atoms with E-state index in [-0.39, 0.29) is 5.97 Å². The Morgan fingerprint density at radius 3 is 2.94 bits per heavy atom. The van der Waals surface area contributed by atoms with Crippen LogP contribution in [0.4, 0.5) is 5.13 Å². The predicted octanol–water partition coefficient (Wildman–Crippen LogP) is 2.69. The fourth-order valence-corrected chi connectivity index (χ4v) is 2.56. The lowest BCUT2D eigenvalue weighted by Gasteiger charge is -2.14. The maximum absolute atomic E-state index is 11.3. The summed E-state index contributed by atoms with van der Waals surface area (Å²) >= 11 is 1.63. The Morgan fingerprint density at radius 1 is 1.44 bits per heavy atom. The Bertz CT molecular complexity index is 506. The first-order valence-electron chi connectivity index (χ1n) is 5.93. The van der Waals surface area contributed by atoms with Crippen LogP contribution >= 0.6 is 11.3 Å². The van der Waals surface area contributed by atoms with Crippen molar-refractivity contribution in [2.45, 2.75) is 13.3 Å². The number of carbonyl (C=O) groups excluding carboxylic acids is 1. The molecule has 0 aliphatic carbocycles. The van der Waals surface area contributed by atoms with Crippen molar-refractivity contribution in [3.8, 4) is 0 Å². The number of para-hydroxylation sites is 1. The molecule has 18 heavy (non-hydrogen) atoms. The van der Waals surface area contributed by atoms with Gasteiger partial charge in [0.25, 0.3) is 0 Å². The molecule has 1 aromatic carbocycles. The monoisotopic (exact) mass is 264 g/mol. The summed E-state index contributed by atoms with van der Waals surface area (Å²) in [7, 11) is 1.94. The van der Waals surface area contributed by atoms with Crippen molar-refractivity contribution in [1.29, 1.82) is 0 Å². The van der Waals surface area contributed by atoms with E-state index in [0.29, 0.717) is 19.6 Å². The Hall–Kier alpha value is -1.62. The third kappa shape index (κ3) is 2.98. The summed E-state index contributed by atoms with van der Waals surface area (Å²) in [4.78, 5) is 17.8. The first kappa shape index (κ1) is 12.8. The van der Waals surface area contributed by atoms with Crippen LogP contribution in [0.5, 0.6) is 0 Å². The standard InChI is InChI=1S/C13H16N2O2S/c1-3-17-12(16)8-9-15(2)13-14-10-6-4-5-7-11(10)18-13/h4-7H,3,8-9H2,1-2H3. The third-order valence-corrected chi connectivity index (χ3v) is 3.72. The van der Waals surface area contributed by atoms with Crippen LogP contribution in [0.25, 0.3) is 10.2 Å². The van der Waals surface area contributed by atoms with Crippen molar-refractivity contribution in [2.75, 3.05) is 25.1 Å². The maximum Gasteiger partial charge on any atom is 0.307 e. The van der Waals surface area contributed by atoms with Crippen LogP contribution in [0.15, 0.2) is 24.3 Å². The minimum absolute atomic E-state index is 0.162. The van der Waals surface area contributed by atoms with E-state index < -0.39 is 0 Å². The fourth-order valence-electron chi connectivity index (χ4n) is 1.61. The Morgan fingerprint density at radius 2 is 2.22 bits per heavy atom. The van der Waals surface area contributed by atoms with Crippen molar-refractivity contribution in [1.82, 2.24) is 4.98 Å². The van der Waals surface area contributed by atoms with Gasteiger partial charge in [0.05, 0.1) is 23.2 Å². The molecule has 0 N–H and O–H groups in total. The molecule has 1 heterocycles. The van der Waals surface area contributed by atoms with Crippen LogP contribution < -0.4 is 4.90 Å². The summed E-state index contributed by atoms with van der Waals surface area (Å²) in [6.07, 6.45) is 0.389. The quantitative estimate of drug-likeness (QED) is 0.779. The van der Waals surface area contributed by atoms with Crippen LogP contribution in [-0.2, 0) is 9.53 Å². The Labute approximate surface area is 110 Å². The van der Waals surface area contributed by atoms with Gasteiger partial charge in [-0.05, 0) is 19.1 Å². The lowest BCUT2D eigenvalue weighted by atomic mass is 10.3. The van der Waals surface area contributed by atoms with E-state index in [0.717, 1.165) is 15.3 Å². The highest BCUT2D eigenvalue weighted by Crippen LogP contribution is 2.27. The average Bonchev–Trinajstić information content (AvgIpc) is 2.80. The maximum atomic E-state index is 11.3. The van der Waals surface area contributed by atoms with Gasteiger partial charge in [-0.3, -0.25) is 4.79 Å². The number of ether oxygens (including phenoxy) is 1. The van der Waals surface area contributed by atoms with Crippen molar-refractivity contribution >= 4 is 32.7 Å². The molecule has 0 saturated carbocycles. The molecule has 2 aromatic rings. The van der Waals surface area contributed by atoms with Crippen LogP contribution in [-0.4, -0.2) is 31.2 Å². The first-order valence-corrected chi connectivity index (χ1v) is 6.74. The van der Waals surface area contributed by atoms with Crippen molar-refractivity contribution in [2.24, 2.45) is 0 Å². The molecule has 0 bridgehead atoms. The molecule has 2 rings (SSSR count). The molecule has 0 saturated heterocycles. The van der Waals surface area contributed by atoms with Gasteiger partial charge in [0.15, 0.2) is 5.13 Å². The number of rotatable bonds is 5. The van der Waals surface area contributed by atoms with Crippen molar-refractivity contribution in [3.05, 3.63) is 24.3 Å². The van der Waals surface area contributed by atoms with Crippen molar-refractivity contribution in [3.63, 3.8) is 0 Å². The van der Waals surface area contributed by atoms with Gasteiger partial charge in [-0.2, -0.15) is 0 Å². The normalized spacial score (nSPS) is 10.6. The molecule has 5 heteroatoms. The van der Waals surface area contributed by atoms with Gasteiger partial charge in [-0.15, -0.1) is 0 Å². The summed E-state index contributed by atoms with van der Waals surface area (Å²) in [5.74, 6) is -0.162. The molecule has 0 radical (unpaired) electrons. The number of fused-ring (bicyclic) bond motifs is 1. The number of anilines is 1. The fraction of sp³-hybridized carbons (Fsp3) is 0.385. The zero-order valence-electron chi connectivity index (χ0n) is 10.5. The molecular formula is C13H16N2O2S. The highest BCUT2D eigenvalue weighted by molar-refractivity contribution is 7.22. The highest BCUT2D eigenvalue weighted by atomic mass is 32.1. The average molecular weight is 264 g/mol. The van der Waals surface area contributed by atoms with E-state index in [2.05, 4.69) is 11.1 Å². The summed E-state index contributed by atoms with van der Waals surface area (Å²) in [6.45, 7) is 2.87. The van der Waals surface area contributed by atoms with Crippen LogP contribution in [0.2, 0.25) is 0 Å². The summed E-state index contributed by atoms with van der Waals surface area (Å²) in [5, 5.41) is 0.931. The molecule has 0 fully saturated rings. The van der Waals surface area contributed by atoms with E-state index in [1.165, 1.54) is 0 Å². The molecule has 0 amide bonds. The number of nitrogens with zero attached hydrogens (tertiary/aromatic N) is 2. The molecule has 0 spiro atoms. The second-order valence-corrected chi connectivity index (χ2v) is 4.95. The second-order valence-electron chi connectivity index (χ2n) is 3.94. The number of benzene rings is 1. The topological polar surface area (TPSA) is 42.4 Å². The molecule has 96 valence electrons. The van der Waals surface area contributed by atoms with E-state index in [4.69, 9.17) is 4.74 Å². The summed E-state index contributed by atoms with van der Waals surface area (Å²) in [5.41, 5.74) is 1.00. The van der Waals surface area contributed by atoms with E-state index >= 15 is 0 Å². The molecule has 0 aliphatic rings. The number of esters is 1. The van der Waals surface area contributed by atoms with Crippen LogP contribution in [0.1, 0.15) is 13.3 Å². The zero-order chi connectivity index (χ0) is 13.0. The molecule has 1 aromatic heterocycles. The van der Waals surface area contributed by atoms with Gasteiger partial charge in [0.2, 0.25) is 0 Å². The van der Waals surface area contributed by atoms with E-state index in [9.17, 15) is 4.79 Å². The van der Waals surface area contributed by atoms with E-state index in [1.54, 1.807) is 11.3 Å². The van der Waals surface area contributed by atoms with E-state index in [1.807, 2.05) is 37.1 Å². The smallest absolute Gasteiger partial charge is 0.307 e. The minimum Gasteiger partial charge on any atom is -0.466 e. The Balaban J connectivity index is 2.00. The molecular weight excluding hydrogens is 248 g/mol. The lowest BCUT2D eigenvalue weighted by Crippen LogP contribution is -2.21.